The summed E-state index contributed by atoms with van der Waals surface area (Å²) < 4.78 is 11.5. The maximum atomic E-state index is 12.7. The lowest BCUT2D eigenvalue weighted by Gasteiger charge is -2.33. The van der Waals surface area contributed by atoms with Crippen molar-refractivity contribution in [3.63, 3.8) is 0 Å². The predicted octanol–water partition coefficient (Wildman–Crippen LogP) is 3.58. The smallest absolute Gasteiger partial charge is 0.344 e. The van der Waals surface area contributed by atoms with E-state index in [9.17, 15) is 4.79 Å². The second-order valence-corrected chi connectivity index (χ2v) is 7.75. The fourth-order valence-electron chi connectivity index (χ4n) is 4.17. The van der Waals surface area contributed by atoms with E-state index in [-0.39, 0.29) is 5.63 Å². The molecular weight excluding hydrogens is 352 g/mol. The van der Waals surface area contributed by atoms with Gasteiger partial charge in [0.15, 0.2) is 0 Å². The third-order valence-electron chi connectivity index (χ3n) is 5.68. The Morgan fingerprint density at radius 1 is 1.14 bits per heavy atom. The lowest BCUT2D eigenvalue weighted by atomic mass is 10.0. The van der Waals surface area contributed by atoms with Crippen LogP contribution in [-0.4, -0.2) is 32.3 Å². The number of ether oxygens (including phenoxy) is 1. The molecule has 1 fully saturated rings. The molecule has 28 heavy (non-hydrogen) atoms. The zero-order valence-corrected chi connectivity index (χ0v) is 16.0. The normalized spacial score (nSPS) is 19.3. The fraction of sp³-hybridized carbons (Fsp3) is 0.348. The summed E-state index contributed by atoms with van der Waals surface area (Å²) in [5, 5.41) is 4.97. The zero-order valence-electron chi connectivity index (χ0n) is 16.0. The molecule has 0 spiro atoms. The van der Waals surface area contributed by atoms with Crippen LogP contribution in [-0.2, 0) is 6.42 Å². The van der Waals surface area contributed by atoms with Gasteiger partial charge in [-0.2, -0.15) is 0 Å². The minimum absolute atomic E-state index is 0.295. The van der Waals surface area contributed by atoms with Crippen LogP contribution in [0.25, 0.3) is 22.1 Å². The predicted molar refractivity (Wildman–Crippen MR) is 111 cm³/mol. The van der Waals surface area contributed by atoms with Gasteiger partial charge < -0.3 is 19.4 Å². The Bertz CT molecular complexity index is 1090. The van der Waals surface area contributed by atoms with Gasteiger partial charge in [-0.15, -0.1) is 0 Å². The Morgan fingerprint density at radius 2 is 2.07 bits per heavy atom. The molecular formula is C23H24N2O3. The molecule has 0 aliphatic carbocycles. The van der Waals surface area contributed by atoms with E-state index >= 15 is 0 Å². The first-order chi connectivity index (χ1) is 13.7. The summed E-state index contributed by atoms with van der Waals surface area (Å²) in [6.07, 6.45) is 2.08. The summed E-state index contributed by atoms with van der Waals surface area (Å²) in [7, 11) is 0. The third-order valence-corrected chi connectivity index (χ3v) is 5.68. The number of nitrogens with zero attached hydrogens (tertiary/aromatic N) is 1. The van der Waals surface area contributed by atoms with Crippen molar-refractivity contribution < 1.29 is 9.15 Å². The van der Waals surface area contributed by atoms with Crippen molar-refractivity contribution in [3.05, 3.63) is 58.4 Å². The summed E-state index contributed by atoms with van der Waals surface area (Å²) in [6.45, 7) is 5.74. The van der Waals surface area contributed by atoms with Gasteiger partial charge >= 0.3 is 5.63 Å². The van der Waals surface area contributed by atoms with E-state index in [1.165, 1.54) is 5.56 Å². The van der Waals surface area contributed by atoms with Crippen LogP contribution in [0.1, 0.15) is 18.9 Å². The van der Waals surface area contributed by atoms with Gasteiger partial charge in [-0.25, -0.2) is 4.79 Å². The van der Waals surface area contributed by atoms with Gasteiger partial charge in [-0.1, -0.05) is 18.2 Å². The van der Waals surface area contributed by atoms with E-state index in [2.05, 4.69) is 29.3 Å². The van der Waals surface area contributed by atoms with Gasteiger partial charge in [-0.05, 0) is 55.0 Å². The van der Waals surface area contributed by atoms with E-state index in [1.54, 1.807) is 0 Å². The molecule has 0 bridgehead atoms. The monoisotopic (exact) mass is 376 g/mol. The van der Waals surface area contributed by atoms with E-state index in [4.69, 9.17) is 9.15 Å². The number of hydrogen-bond donors (Lipinski definition) is 1. The molecule has 2 aliphatic heterocycles. The molecule has 1 atom stereocenters. The summed E-state index contributed by atoms with van der Waals surface area (Å²) in [4.78, 5) is 15.0. The molecule has 0 unspecified atom stereocenters. The van der Waals surface area contributed by atoms with Crippen LogP contribution < -0.4 is 20.6 Å². The van der Waals surface area contributed by atoms with Crippen molar-refractivity contribution in [1.29, 1.82) is 0 Å². The standard InChI is InChI=1S/C23H24N2O3/c1-15-14-25(9-8-24-15)19-7-6-17-11-22(28-23(26)20(17)13-19)18-5-4-16-3-2-10-27-21(16)12-18/h4-7,11-13,15,24H,2-3,8-10,14H2,1H3/t15-/m0/s1. The number of benzene rings is 2. The number of rotatable bonds is 2. The molecule has 1 aromatic heterocycles. The Kier molecular flexibility index (Phi) is 4.32. The highest BCUT2D eigenvalue weighted by Gasteiger charge is 2.18. The number of anilines is 1. The Labute approximate surface area is 163 Å². The molecule has 0 saturated carbocycles. The van der Waals surface area contributed by atoms with Crippen LogP contribution in [0, 0.1) is 0 Å². The molecule has 0 radical (unpaired) electrons. The van der Waals surface area contributed by atoms with Gasteiger partial charge in [0, 0.05) is 36.9 Å². The van der Waals surface area contributed by atoms with E-state index in [0.717, 1.165) is 61.5 Å². The average Bonchev–Trinajstić information content (AvgIpc) is 2.73. The number of piperazine rings is 1. The molecule has 1 saturated heterocycles. The number of nitrogens with one attached hydrogen (secondary N) is 1. The molecule has 5 rings (SSSR count). The highest BCUT2D eigenvalue weighted by Crippen LogP contribution is 2.32. The minimum atomic E-state index is -0.295. The van der Waals surface area contributed by atoms with E-state index in [0.29, 0.717) is 17.2 Å². The topological polar surface area (TPSA) is 54.7 Å². The van der Waals surface area contributed by atoms with Crippen LogP contribution in [0.15, 0.2) is 51.7 Å². The van der Waals surface area contributed by atoms with Crippen molar-refractivity contribution in [2.24, 2.45) is 0 Å². The molecule has 3 aromatic rings. The Balaban J connectivity index is 1.52. The first-order valence-corrected chi connectivity index (χ1v) is 10.00. The summed E-state index contributed by atoms with van der Waals surface area (Å²) in [6, 6.07) is 14.5. The van der Waals surface area contributed by atoms with Gasteiger partial charge in [0.25, 0.3) is 0 Å². The SMILES string of the molecule is C[C@H]1CN(c2ccc3cc(-c4ccc5c(c4)OCCC5)oc(=O)c3c2)CCN1. The Hall–Kier alpha value is -2.79. The summed E-state index contributed by atoms with van der Waals surface area (Å²) in [5.41, 5.74) is 2.87. The molecule has 5 heteroatoms. The summed E-state index contributed by atoms with van der Waals surface area (Å²) >= 11 is 0. The van der Waals surface area contributed by atoms with Gasteiger partial charge in [0.2, 0.25) is 0 Å². The summed E-state index contributed by atoms with van der Waals surface area (Å²) in [5.74, 6) is 1.48. The van der Waals surface area contributed by atoms with Crippen molar-refractivity contribution >= 4 is 16.5 Å². The van der Waals surface area contributed by atoms with Crippen molar-refractivity contribution in [2.75, 3.05) is 31.1 Å². The zero-order chi connectivity index (χ0) is 19.1. The van der Waals surface area contributed by atoms with Crippen LogP contribution in [0.4, 0.5) is 5.69 Å². The first-order valence-electron chi connectivity index (χ1n) is 10.00. The highest BCUT2D eigenvalue weighted by molar-refractivity contribution is 5.87. The first kappa shape index (κ1) is 17.3. The second kappa shape index (κ2) is 6.99. The van der Waals surface area contributed by atoms with Crippen molar-refractivity contribution in [1.82, 2.24) is 5.32 Å². The molecule has 2 aromatic carbocycles. The highest BCUT2D eigenvalue weighted by atomic mass is 16.5. The largest absolute Gasteiger partial charge is 0.493 e. The maximum Gasteiger partial charge on any atom is 0.344 e. The fourth-order valence-corrected chi connectivity index (χ4v) is 4.17. The van der Waals surface area contributed by atoms with E-state index < -0.39 is 0 Å². The van der Waals surface area contributed by atoms with Gasteiger partial charge in [0.1, 0.15) is 11.5 Å². The van der Waals surface area contributed by atoms with Crippen LogP contribution in [0.2, 0.25) is 0 Å². The Morgan fingerprint density at radius 3 is 2.96 bits per heavy atom. The molecule has 2 aliphatic rings. The minimum Gasteiger partial charge on any atom is -0.493 e. The van der Waals surface area contributed by atoms with Crippen LogP contribution in [0.5, 0.6) is 5.75 Å². The lowest BCUT2D eigenvalue weighted by Crippen LogP contribution is -2.49. The van der Waals surface area contributed by atoms with Crippen LogP contribution in [0.3, 0.4) is 0 Å². The molecule has 144 valence electrons. The quantitative estimate of drug-likeness (QED) is 0.741. The molecule has 1 N–H and O–H groups in total. The van der Waals surface area contributed by atoms with Crippen LogP contribution >= 0.6 is 0 Å². The third kappa shape index (κ3) is 3.16. The second-order valence-electron chi connectivity index (χ2n) is 7.75. The molecule has 3 heterocycles. The molecule has 5 nitrogen and oxygen atoms in total. The number of hydrogen-bond acceptors (Lipinski definition) is 5. The lowest BCUT2D eigenvalue weighted by molar-refractivity contribution is 0.288. The average molecular weight is 376 g/mol. The van der Waals surface area contributed by atoms with Crippen molar-refractivity contribution in [2.45, 2.75) is 25.8 Å². The maximum absolute atomic E-state index is 12.7. The van der Waals surface area contributed by atoms with Crippen molar-refractivity contribution in [3.8, 4) is 17.1 Å². The van der Waals surface area contributed by atoms with E-state index in [1.807, 2.05) is 30.3 Å². The van der Waals surface area contributed by atoms with Gasteiger partial charge in [0.05, 0.1) is 12.0 Å². The number of aryl methyl sites for hydroxylation is 1. The number of fused-ring (bicyclic) bond motifs is 2. The molecule has 0 amide bonds. The van der Waals surface area contributed by atoms with Gasteiger partial charge in [-0.3, -0.25) is 0 Å².